The van der Waals surface area contributed by atoms with Crippen LogP contribution in [-0.2, 0) is 7.05 Å². The molecule has 2 atom stereocenters. The van der Waals surface area contributed by atoms with E-state index in [4.69, 9.17) is 0 Å². The first kappa shape index (κ1) is 9.51. The van der Waals surface area contributed by atoms with Crippen LogP contribution in [0.25, 0.3) is 0 Å². The molecule has 0 unspecified atom stereocenters. The number of aromatic nitrogens is 3. The number of nitrogens with one attached hydrogen (secondary N) is 1. The number of nitrogens with zero attached hydrogens (tertiary/aromatic N) is 3. The van der Waals surface area contributed by atoms with Gasteiger partial charge in [-0.3, -0.25) is 0 Å². The lowest BCUT2D eigenvalue weighted by atomic mass is 9.96. The van der Waals surface area contributed by atoms with E-state index in [0.717, 1.165) is 0 Å². The van der Waals surface area contributed by atoms with E-state index in [1.54, 1.807) is 11.6 Å². The van der Waals surface area contributed by atoms with Gasteiger partial charge in [0.15, 0.2) is 0 Å². The molecular formula is C8H12F2N4. The highest BCUT2D eigenvalue weighted by atomic mass is 19.3. The van der Waals surface area contributed by atoms with Crippen molar-refractivity contribution in [3.05, 3.63) is 12.2 Å². The number of hydrogen-bond acceptors (Lipinski definition) is 3. The zero-order valence-corrected chi connectivity index (χ0v) is 7.82. The van der Waals surface area contributed by atoms with Crippen molar-refractivity contribution in [3.8, 4) is 0 Å². The molecule has 1 aromatic rings. The predicted molar refractivity (Wildman–Crippen MR) is 46.1 cm³/mol. The highest BCUT2D eigenvalue weighted by Gasteiger charge is 2.37. The SMILES string of the molecule is Cn1cnnc1[C@@H]1CNC[C@H]1C(F)F. The molecule has 0 radical (unpaired) electrons. The molecule has 1 aliphatic rings. The summed E-state index contributed by atoms with van der Waals surface area (Å²) in [6, 6.07) is 0. The molecule has 1 fully saturated rings. The van der Waals surface area contributed by atoms with Crippen LogP contribution >= 0.6 is 0 Å². The van der Waals surface area contributed by atoms with Crippen LogP contribution < -0.4 is 5.32 Å². The fourth-order valence-electron chi connectivity index (χ4n) is 1.87. The van der Waals surface area contributed by atoms with E-state index in [1.807, 2.05) is 0 Å². The summed E-state index contributed by atoms with van der Waals surface area (Å²) in [6.07, 6.45) is -0.761. The van der Waals surface area contributed by atoms with Gasteiger partial charge >= 0.3 is 0 Å². The molecule has 2 rings (SSSR count). The lowest BCUT2D eigenvalue weighted by Crippen LogP contribution is -2.21. The zero-order chi connectivity index (χ0) is 10.1. The summed E-state index contributed by atoms with van der Waals surface area (Å²) in [5.41, 5.74) is 0. The van der Waals surface area contributed by atoms with Crippen LogP contribution in [0.5, 0.6) is 0 Å². The molecule has 0 spiro atoms. The third kappa shape index (κ3) is 1.50. The summed E-state index contributed by atoms with van der Waals surface area (Å²) in [7, 11) is 1.77. The van der Waals surface area contributed by atoms with Crippen molar-refractivity contribution in [2.45, 2.75) is 12.3 Å². The van der Waals surface area contributed by atoms with Crippen molar-refractivity contribution >= 4 is 0 Å². The number of hydrogen-bond donors (Lipinski definition) is 1. The van der Waals surface area contributed by atoms with Crippen molar-refractivity contribution in [3.63, 3.8) is 0 Å². The van der Waals surface area contributed by atoms with Gasteiger partial charge in [0.1, 0.15) is 12.2 Å². The normalized spacial score (nSPS) is 27.4. The molecule has 6 heteroatoms. The van der Waals surface area contributed by atoms with Crippen molar-refractivity contribution in [2.24, 2.45) is 13.0 Å². The van der Waals surface area contributed by atoms with Gasteiger partial charge in [0, 0.05) is 32.0 Å². The summed E-state index contributed by atoms with van der Waals surface area (Å²) in [5.74, 6) is -0.222. The van der Waals surface area contributed by atoms with E-state index in [0.29, 0.717) is 18.9 Å². The molecule has 4 nitrogen and oxygen atoms in total. The second kappa shape index (κ2) is 3.61. The quantitative estimate of drug-likeness (QED) is 0.754. The number of aryl methyl sites for hydroxylation is 1. The largest absolute Gasteiger partial charge is 0.320 e. The van der Waals surface area contributed by atoms with Crippen LogP contribution in [0.2, 0.25) is 0 Å². The Bertz CT molecular complexity index is 312. The van der Waals surface area contributed by atoms with Crippen LogP contribution in [0.3, 0.4) is 0 Å². The van der Waals surface area contributed by atoms with Crippen LogP contribution in [0.15, 0.2) is 6.33 Å². The molecule has 0 bridgehead atoms. The van der Waals surface area contributed by atoms with E-state index < -0.39 is 12.3 Å². The van der Waals surface area contributed by atoms with Crippen molar-refractivity contribution < 1.29 is 8.78 Å². The zero-order valence-electron chi connectivity index (χ0n) is 7.82. The van der Waals surface area contributed by atoms with E-state index in [2.05, 4.69) is 15.5 Å². The maximum atomic E-state index is 12.6. The molecule has 1 aliphatic heterocycles. The Hall–Kier alpha value is -1.04. The Balaban J connectivity index is 2.22. The minimum Gasteiger partial charge on any atom is -0.320 e. The Morgan fingerprint density at radius 3 is 2.93 bits per heavy atom. The first-order valence-electron chi connectivity index (χ1n) is 4.53. The maximum absolute atomic E-state index is 12.6. The number of alkyl halides is 2. The molecule has 0 aliphatic carbocycles. The number of halogens is 2. The smallest absolute Gasteiger partial charge is 0.243 e. The van der Waals surface area contributed by atoms with Gasteiger partial charge in [-0.15, -0.1) is 10.2 Å². The summed E-state index contributed by atoms with van der Waals surface area (Å²) in [6.45, 7) is 0.913. The Labute approximate surface area is 80.3 Å². The van der Waals surface area contributed by atoms with Crippen molar-refractivity contribution in [1.29, 1.82) is 0 Å². The molecule has 0 amide bonds. The molecule has 1 aromatic heterocycles. The number of rotatable bonds is 2. The molecule has 0 aromatic carbocycles. The van der Waals surface area contributed by atoms with Crippen LogP contribution in [0, 0.1) is 5.92 Å². The molecule has 78 valence electrons. The fraction of sp³-hybridized carbons (Fsp3) is 0.750. The minimum atomic E-state index is -2.30. The Kier molecular flexibility index (Phi) is 2.45. The Morgan fingerprint density at radius 2 is 2.36 bits per heavy atom. The van der Waals surface area contributed by atoms with Crippen molar-refractivity contribution in [2.75, 3.05) is 13.1 Å². The van der Waals surface area contributed by atoms with E-state index in [9.17, 15) is 8.78 Å². The average Bonchev–Trinajstić information content (AvgIpc) is 2.70. The second-order valence-corrected chi connectivity index (χ2v) is 3.56. The first-order valence-corrected chi connectivity index (χ1v) is 4.53. The predicted octanol–water partition coefficient (Wildman–Crippen LogP) is 0.383. The fourth-order valence-corrected chi connectivity index (χ4v) is 1.87. The van der Waals surface area contributed by atoms with Crippen molar-refractivity contribution in [1.82, 2.24) is 20.1 Å². The minimum absolute atomic E-state index is 0.220. The molecule has 2 heterocycles. The topological polar surface area (TPSA) is 42.7 Å². The summed E-state index contributed by atoms with van der Waals surface area (Å²) < 4.78 is 26.9. The van der Waals surface area contributed by atoms with Gasteiger partial charge in [-0.25, -0.2) is 8.78 Å². The Morgan fingerprint density at radius 1 is 1.57 bits per heavy atom. The summed E-state index contributed by atoms with van der Waals surface area (Å²) in [5, 5.41) is 10.5. The molecule has 1 saturated heterocycles. The van der Waals surface area contributed by atoms with E-state index in [1.165, 1.54) is 6.33 Å². The van der Waals surface area contributed by atoms with Crippen LogP contribution in [-0.4, -0.2) is 34.3 Å². The monoisotopic (exact) mass is 202 g/mol. The van der Waals surface area contributed by atoms with Gasteiger partial charge in [0.25, 0.3) is 0 Å². The summed E-state index contributed by atoms with van der Waals surface area (Å²) >= 11 is 0. The van der Waals surface area contributed by atoms with E-state index in [-0.39, 0.29) is 5.92 Å². The van der Waals surface area contributed by atoms with Gasteiger partial charge in [-0.2, -0.15) is 0 Å². The lowest BCUT2D eigenvalue weighted by molar-refractivity contribution is 0.0770. The van der Waals surface area contributed by atoms with Gasteiger partial charge < -0.3 is 9.88 Å². The molecule has 1 N–H and O–H groups in total. The highest BCUT2D eigenvalue weighted by Crippen LogP contribution is 2.30. The van der Waals surface area contributed by atoms with Crippen LogP contribution in [0.4, 0.5) is 8.78 Å². The van der Waals surface area contributed by atoms with Gasteiger partial charge in [0.2, 0.25) is 6.43 Å². The highest BCUT2D eigenvalue weighted by molar-refractivity contribution is 5.04. The maximum Gasteiger partial charge on any atom is 0.243 e. The first-order chi connectivity index (χ1) is 6.70. The third-order valence-corrected chi connectivity index (χ3v) is 2.66. The van der Waals surface area contributed by atoms with Gasteiger partial charge in [-0.05, 0) is 0 Å². The van der Waals surface area contributed by atoms with Crippen LogP contribution in [0.1, 0.15) is 11.7 Å². The lowest BCUT2D eigenvalue weighted by Gasteiger charge is -2.16. The van der Waals surface area contributed by atoms with Gasteiger partial charge in [-0.1, -0.05) is 0 Å². The average molecular weight is 202 g/mol. The molecule has 0 saturated carbocycles. The standard InChI is InChI=1S/C8H12F2N4/c1-14-4-12-13-8(14)6-3-11-2-5(6)7(9)10/h4-7,11H,2-3H2,1H3/t5-,6-/m1/s1. The third-order valence-electron chi connectivity index (χ3n) is 2.66. The van der Waals surface area contributed by atoms with E-state index >= 15 is 0 Å². The molecule has 14 heavy (non-hydrogen) atoms. The summed E-state index contributed by atoms with van der Waals surface area (Å²) in [4.78, 5) is 0. The second-order valence-electron chi connectivity index (χ2n) is 3.56. The van der Waals surface area contributed by atoms with Gasteiger partial charge in [0.05, 0.1) is 0 Å². The molecular weight excluding hydrogens is 190 g/mol.